The van der Waals surface area contributed by atoms with Crippen LogP contribution in [0.4, 0.5) is 0 Å². The number of hydrogen-bond donors (Lipinski definition) is 0. The third-order valence-corrected chi connectivity index (χ3v) is 6.81. The van der Waals surface area contributed by atoms with Gasteiger partial charge in [-0.15, -0.1) is 0 Å². The molecule has 0 atom stereocenters. The Labute approximate surface area is 177 Å². The second-order valence-corrected chi connectivity index (χ2v) is 9.11. The maximum absolute atomic E-state index is 2.43. The van der Waals surface area contributed by atoms with Gasteiger partial charge >= 0.3 is 0 Å². The molecule has 0 aliphatic heterocycles. The summed E-state index contributed by atoms with van der Waals surface area (Å²) >= 11 is 0. The lowest BCUT2D eigenvalue weighted by Crippen LogP contribution is -2.14. The van der Waals surface area contributed by atoms with Crippen LogP contribution in [0.15, 0.2) is 97.1 Å². The molecular formula is C30H24. The maximum atomic E-state index is 2.43. The van der Waals surface area contributed by atoms with Crippen LogP contribution in [0.5, 0.6) is 0 Å². The predicted molar refractivity (Wildman–Crippen MR) is 128 cm³/mol. The van der Waals surface area contributed by atoms with Gasteiger partial charge in [0, 0.05) is 5.41 Å². The maximum Gasteiger partial charge on any atom is 0.0159 e. The predicted octanol–water partition coefficient (Wildman–Crippen LogP) is 7.89. The molecule has 0 aromatic heterocycles. The number of rotatable bonds is 2. The fraction of sp³-hybridized carbons (Fsp3) is 0.133. The Kier molecular flexibility index (Phi) is 3.67. The van der Waals surface area contributed by atoms with E-state index in [1.54, 1.807) is 0 Å². The standard InChI is InChI=1S/C30H24/c1-30(2)28-18-23-11-7-6-10-22(23)16-26(28)27-17-24-13-12-21(15-25(24)19-29(27)30)14-20-8-4-3-5-9-20/h3-13,15-19H,14H2,1-2H3. The Morgan fingerprint density at radius 3 is 1.77 bits per heavy atom. The number of benzene rings is 5. The summed E-state index contributed by atoms with van der Waals surface area (Å²) in [6, 6.07) is 36.0. The fourth-order valence-corrected chi connectivity index (χ4v) is 5.15. The summed E-state index contributed by atoms with van der Waals surface area (Å²) < 4.78 is 0. The Balaban J connectivity index is 1.52. The zero-order valence-electron chi connectivity index (χ0n) is 17.4. The highest BCUT2D eigenvalue weighted by atomic mass is 14.4. The van der Waals surface area contributed by atoms with Gasteiger partial charge in [-0.1, -0.05) is 86.6 Å². The molecular weight excluding hydrogens is 360 g/mol. The molecule has 5 aromatic rings. The molecule has 0 radical (unpaired) electrons. The van der Waals surface area contributed by atoms with Crippen LogP contribution in [-0.2, 0) is 11.8 Å². The third kappa shape index (κ3) is 2.60. The first-order valence-corrected chi connectivity index (χ1v) is 10.7. The van der Waals surface area contributed by atoms with Crippen molar-refractivity contribution in [1.29, 1.82) is 0 Å². The van der Waals surface area contributed by atoms with Crippen molar-refractivity contribution >= 4 is 21.5 Å². The summed E-state index contributed by atoms with van der Waals surface area (Å²) in [5, 5.41) is 5.31. The number of fused-ring (bicyclic) bond motifs is 5. The zero-order valence-corrected chi connectivity index (χ0v) is 17.4. The average molecular weight is 385 g/mol. The molecule has 0 heterocycles. The molecule has 0 nitrogen and oxygen atoms in total. The molecule has 30 heavy (non-hydrogen) atoms. The summed E-state index contributed by atoms with van der Waals surface area (Å²) in [7, 11) is 0. The van der Waals surface area contributed by atoms with Crippen molar-refractivity contribution < 1.29 is 0 Å². The Bertz CT molecular complexity index is 1420. The minimum Gasteiger partial charge on any atom is -0.0622 e. The summed E-state index contributed by atoms with van der Waals surface area (Å²) in [5.41, 5.74) is 8.41. The second kappa shape index (κ2) is 6.31. The molecule has 1 aliphatic carbocycles. The lowest BCUT2D eigenvalue weighted by atomic mass is 9.81. The Hall–Kier alpha value is -3.38. The van der Waals surface area contributed by atoms with E-state index in [2.05, 4.69) is 111 Å². The van der Waals surface area contributed by atoms with Crippen molar-refractivity contribution in [1.82, 2.24) is 0 Å². The van der Waals surface area contributed by atoms with Crippen LogP contribution in [0.1, 0.15) is 36.1 Å². The third-order valence-electron chi connectivity index (χ3n) is 6.81. The van der Waals surface area contributed by atoms with E-state index in [-0.39, 0.29) is 5.41 Å². The molecule has 0 saturated heterocycles. The van der Waals surface area contributed by atoms with E-state index in [1.807, 2.05) is 0 Å². The molecule has 0 N–H and O–H groups in total. The van der Waals surface area contributed by atoms with E-state index in [1.165, 1.54) is 54.9 Å². The highest BCUT2D eigenvalue weighted by Gasteiger charge is 2.35. The van der Waals surface area contributed by atoms with E-state index in [4.69, 9.17) is 0 Å². The van der Waals surface area contributed by atoms with Gasteiger partial charge in [-0.3, -0.25) is 0 Å². The largest absolute Gasteiger partial charge is 0.0622 e. The van der Waals surface area contributed by atoms with Crippen molar-refractivity contribution in [2.75, 3.05) is 0 Å². The van der Waals surface area contributed by atoms with Crippen LogP contribution >= 0.6 is 0 Å². The van der Waals surface area contributed by atoms with Crippen LogP contribution in [-0.4, -0.2) is 0 Å². The molecule has 5 aromatic carbocycles. The smallest absolute Gasteiger partial charge is 0.0159 e. The van der Waals surface area contributed by atoms with Crippen LogP contribution in [0, 0.1) is 0 Å². The molecule has 0 bridgehead atoms. The molecule has 1 aliphatic rings. The Morgan fingerprint density at radius 2 is 1.07 bits per heavy atom. The molecule has 0 saturated carbocycles. The average Bonchev–Trinajstić information content (AvgIpc) is 2.98. The molecule has 0 heteroatoms. The normalized spacial score (nSPS) is 14.1. The fourth-order valence-electron chi connectivity index (χ4n) is 5.15. The van der Waals surface area contributed by atoms with Gasteiger partial charge in [-0.05, 0) is 85.6 Å². The van der Waals surface area contributed by atoms with E-state index >= 15 is 0 Å². The van der Waals surface area contributed by atoms with Crippen molar-refractivity contribution in [2.45, 2.75) is 25.7 Å². The minimum atomic E-state index is 0.0122. The first-order valence-electron chi connectivity index (χ1n) is 10.7. The number of hydrogen-bond acceptors (Lipinski definition) is 0. The second-order valence-electron chi connectivity index (χ2n) is 9.11. The lowest BCUT2D eigenvalue weighted by Gasteiger charge is -2.22. The molecule has 6 rings (SSSR count). The quantitative estimate of drug-likeness (QED) is 0.290. The van der Waals surface area contributed by atoms with Crippen LogP contribution in [0.3, 0.4) is 0 Å². The van der Waals surface area contributed by atoms with Crippen LogP contribution in [0.25, 0.3) is 32.7 Å². The molecule has 0 amide bonds. The molecule has 0 spiro atoms. The van der Waals surface area contributed by atoms with E-state index < -0.39 is 0 Å². The van der Waals surface area contributed by atoms with Gasteiger partial charge < -0.3 is 0 Å². The zero-order chi connectivity index (χ0) is 20.3. The van der Waals surface area contributed by atoms with Gasteiger partial charge in [0.15, 0.2) is 0 Å². The van der Waals surface area contributed by atoms with E-state index in [9.17, 15) is 0 Å². The van der Waals surface area contributed by atoms with Crippen LogP contribution in [0.2, 0.25) is 0 Å². The van der Waals surface area contributed by atoms with E-state index in [0.29, 0.717) is 0 Å². The lowest BCUT2D eigenvalue weighted by molar-refractivity contribution is 0.662. The molecule has 0 unspecified atom stereocenters. The van der Waals surface area contributed by atoms with Gasteiger partial charge in [0.1, 0.15) is 0 Å². The van der Waals surface area contributed by atoms with Crippen molar-refractivity contribution in [3.8, 4) is 11.1 Å². The van der Waals surface area contributed by atoms with Crippen molar-refractivity contribution in [3.05, 3.63) is 119 Å². The van der Waals surface area contributed by atoms with Gasteiger partial charge in [0.2, 0.25) is 0 Å². The molecule has 144 valence electrons. The van der Waals surface area contributed by atoms with Gasteiger partial charge in [-0.25, -0.2) is 0 Å². The van der Waals surface area contributed by atoms with Crippen LogP contribution < -0.4 is 0 Å². The first-order chi connectivity index (χ1) is 14.6. The van der Waals surface area contributed by atoms with Gasteiger partial charge in [-0.2, -0.15) is 0 Å². The summed E-state index contributed by atoms with van der Waals surface area (Å²) in [5.74, 6) is 0. The summed E-state index contributed by atoms with van der Waals surface area (Å²) in [4.78, 5) is 0. The minimum absolute atomic E-state index is 0.0122. The highest BCUT2D eigenvalue weighted by Crippen LogP contribution is 2.51. The highest BCUT2D eigenvalue weighted by molar-refractivity contribution is 5.98. The summed E-state index contributed by atoms with van der Waals surface area (Å²) in [6.07, 6.45) is 0.975. The van der Waals surface area contributed by atoms with Gasteiger partial charge in [0.25, 0.3) is 0 Å². The van der Waals surface area contributed by atoms with Crippen molar-refractivity contribution in [3.63, 3.8) is 0 Å². The monoisotopic (exact) mass is 384 g/mol. The topological polar surface area (TPSA) is 0 Å². The first kappa shape index (κ1) is 17.5. The SMILES string of the molecule is CC1(C)c2cc3ccccc3cc2-c2cc3ccc(Cc4ccccc4)cc3cc21. The Morgan fingerprint density at radius 1 is 0.500 bits per heavy atom. The molecule has 0 fully saturated rings. The van der Waals surface area contributed by atoms with Crippen molar-refractivity contribution in [2.24, 2.45) is 0 Å². The van der Waals surface area contributed by atoms with E-state index in [0.717, 1.165) is 6.42 Å². The summed E-state index contributed by atoms with van der Waals surface area (Å²) in [6.45, 7) is 4.73. The van der Waals surface area contributed by atoms with Gasteiger partial charge in [0.05, 0.1) is 0 Å².